The Morgan fingerprint density at radius 2 is 1.96 bits per heavy atom. The topological polar surface area (TPSA) is 43.4 Å². The van der Waals surface area contributed by atoms with Crippen LogP contribution in [-0.2, 0) is 20.7 Å². The summed E-state index contributed by atoms with van der Waals surface area (Å²) in [6, 6.07) is 8.29. The Labute approximate surface area is 164 Å². The number of carbonyl (C=O) groups excluding carboxylic acids is 2. The molecular weight excluding hydrogens is 355 g/mol. The van der Waals surface area contributed by atoms with Crippen molar-refractivity contribution in [2.45, 2.75) is 53.6 Å². The average Bonchev–Trinajstić information content (AvgIpc) is 2.58. The van der Waals surface area contributed by atoms with Crippen LogP contribution in [0.25, 0.3) is 0 Å². The number of allylic oxidation sites excluding steroid dienone is 5. The first-order valence-electron chi connectivity index (χ1n) is 9.23. The van der Waals surface area contributed by atoms with Gasteiger partial charge in [-0.15, -0.1) is 9.24 Å². The van der Waals surface area contributed by atoms with Crippen molar-refractivity contribution < 1.29 is 14.3 Å². The largest absolute Gasteiger partial charge is 0.454 e. The Balaban J connectivity index is 2.19. The van der Waals surface area contributed by atoms with Crippen molar-refractivity contribution in [1.29, 1.82) is 0 Å². The summed E-state index contributed by atoms with van der Waals surface area (Å²) >= 11 is 0. The highest BCUT2D eigenvalue weighted by atomic mass is 31.0. The van der Waals surface area contributed by atoms with E-state index in [0.29, 0.717) is 12.0 Å². The van der Waals surface area contributed by atoms with Crippen LogP contribution >= 0.6 is 9.24 Å². The molecular formula is C23H29O3P. The average molecular weight is 384 g/mol. The van der Waals surface area contributed by atoms with Crippen molar-refractivity contribution in [3.63, 3.8) is 0 Å². The number of ether oxygens (including phenoxy) is 1. The number of hydrogen-bond donors (Lipinski definition) is 0. The lowest BCUT2D eigenvalue weighted by Gasteiger charge is -2.36. The van der Waals surface area contributed by atoms with Crippen LogP contribution in [0.1, 0.15) is 46.6 Å². The second-order valence-corrected chi connectivity index (χ2v) is 8.40. The van der Waals surface area contributed by atoms with Gasteiger partial charge in [-0.1, -0.05) is 61.9 Å². The van der Waals surface area contributed by atoms with Crippen LogP contribution in [0.2, 0.25) is 0 Å². The van der Waals surface area contributed by atoms with Gasteiger partial charge in [-0.2, -0.15) is 0 Å². The van der Waals surface area contributed by atoms with Crippen LogP contribution in [0.15, 0.2) is 59.2 Å². The van der Waals surface area contributed by atoms with Gasteiger partial charge in [0.25, 0.3) is 0 Å². The van der Waals surface area contributed by atoms with Crippen molar-refractivity contribution >= 4 is 26.3 Å². The molecule has 0 fully saturated rings. The second-order valence-electron chi connectivity index (χ2n) is 7.77. The first kappa shape index (κ1) is 21.3. The summed E-state index contributed by atoms with van der Waals surface area (Å²) in [5.41, 5.74) is 3.88. The molecule has 0 N–H and O–H groups in total. The molecule has 2 rings (SSSR count). The minimum Gasteiger partial charge on any atom is -0.454 e. The molecule has 27 heavy (non-hydrogen) atoms. The van der Waals surface area contributed by atoms with Gasteiger partial charge in [-0.05, 0) is 47.7 Å². The molecule has 0 saturated carbocycles. The summed E-state index contributed by atoms with van der Waals surface area (Å²) in [5.74, 6) is -0.508. The maximum Gasteiger partial charge on any atom is 0.303 e. The van der Waals surface area contributed by atoms with Crippen molar-refractivity contribution in [2.75, 3.05) is 0 Å². The van der Waals surface area contributed by atoms with E-state index in [9.17, 15) is 9.59 Å². The van der Waals surface area contributed by atoms with Crippen LogP contribution < -0.4 is 5.30 Å². The highest BCUT2D eigenvalue weighted by Gasteiger charge is 2.39. The monoisotopic (exact) mass is 384 g/mol. The summed E-state index contributed by atoms with van der Waals surface area (Å²) in [6.45, 7) is 9.40. The van der Waals surface area contributed by atoms with E-state index >= 15 is 0 Å². The van der Waals surface area contributed by atoms with E-state index < -0.39 is 12.1 Å². The van der Waals surface area contributed by atoms with Crippen LogP contribution in [-0.4, -0.2) is 17.9 Å². The van der Waals surface area contributed by atoms with Crippen molar-refractivity contribution in [1.82, 2.24) is 0 Å². The van der Waals surface area contributed by atoms with Gasteiger partial charge < -0.3 is 4.74 Å². The number of benzene rings is 1. The van der Waals surface area contributed by atoms with Crippen LogP contribution in [0, 0.1) is 5.41 Å². The standard InChI is InChI=1S/C23H29O3P/c1-15(10-12-18-8-6-7-9-21(18)27)11-13-19-16(2)22(25)20(26-17(3)24)14-23(19,4)5/h6-11,13,20H,12,14,27H2,1-5H3. The van der Waals surface area contributed by atoms with E-state index in [-0.39, 0.29) is 11.2 Å². The summed E-state index contributed by atoms with van der Waals surface area (Å²) in [6.07, 6.45) is 6.98. The summed E-state index contributed by atoms with van der Waals surface area (Å²) in [7, 11) is 2.77. The van der Waals surface area contributed by atoms with Gasteiger partial charge in [-0.25, -0.2) is 0 Å². The summed E-state index contributed by atoms with van der Waals surface area (Å²) in [5, 5.41) is 1.21. The van der Waals surface area contributed by atoms with E-state index in [4.69, 9.17) is 4.74 Å². The third kappa shape index (κ3) is 5.49. The molecule has 3 nitrogen and oxygen atoms in total. The molecule has 0 aromatic heterocycles. The molecule has 0 radical (unpaired) electrons. The van der Waals surface area contributed by atoms with E-state index in [1.54, 1.807) is 0 Å². The lowest BCUT2D eigenvalue weighted by atomic mass is 9.71. The molecule has 1 aromatic carbocycles. The number of rotatable bonds is 5. The number of carbonyl (C=O) groups is 2. The van der Waals surface area contributed by atoms with E-state index in [1.165, 1.54) is 17.8 Å². The number of hydrogen-bond acceptors (Lipinski definition) is 3. The highest BCUT2D eigenvalue weighted by Crippen LogP contribution is 2.40. The van der Waals surface area contributed by atoms with Gasteiger partial charge in [-0.3, -0.25) is 9.59 Å². The fraction of sp³-hybridized carbons (Fsp3) is 0.391. The number of Topliss-reactive ketones (excluding diaryl/α,β-unsaturated/α-hetero) is 1. The molecule has 4 heteroatoms. The Morgan fingerprint density at radius 3 is 2.59 bits per heavy atom. The van der Waals surface area contributed by atoms with E-state index in [2.05, 4.69) is 54.3 Å². The first-order valence-corrected chi connectivity index (χ1v) is 9.80. The molecule has 0 heterocycles. The molecule has 0 bridgehead atoms. The summed E-state index contributed by atoms with van der Waals surface area (Å²) < 4.78 is 5.22. The van der Waals surface area contributed by atoms with Gasteiger partial charge in [0.1, 0.15) is 0 Å². The lowest BCUT2D eigenvalue weighted by Crippen LogP contribution is -2.38. The lowest BCUT2D eigenvalue weighted by molar-refractivity contribution is -0.153. The second kappa shape index (κ2) is 8.80. The molecule has 144 valence electrons. The maximum absolute atomic E-state index is 12.6. The van der Waals surface area contributed by atoms with Crippen molar-refractivity contribution in [3.05, 3.63) is 64.8 Å². The van der Waals surface area contributed by atoms with Crippen LogP contribution in [0.4, 0.5) is 0 Å². The summed E-state index contributed by atoms with van der Waals surface area (Å²) in [4.78, 5) is 23.8. The fourth-order valence-electron chi connectivity index (χ4n) is 3.47. The van der Waals surface area contributed by atoms with Crippen LogP contribution in [0.5, 0.6) is 0 Å². The number of esters is 1. The maximum atomic E-state index is 12.6. The van der Waals surface area contributed by atoms with Gasteiger partial charge in [0, 0.05) is 13.3 Å². The van der Waals surface area contributed by atoms with E-state index in [0.717, 1.165) is 17.6 Å². The van der Waals surface area contributed by atoms with Gasteiger partial charge in [0.15, 0.2) is 11.9 Å². The Hall–Kier alpha value is -1.99. The molecule has 2 atom stereocenters. The SMILES string of the molecule is CC(=O)OC1CC(C)(C)C(C=CC(C)=CCc2ccccc2P)=C(C)C1=O. The number of ketones is 1. The molecule has 0 saturated heterocycles. The molecule has 1 aromatic rings. The Kier molecular flexibility index (Phi) is 6.95. The van der Waals surface area contributed by atoms with Gasteiger partial charge in [0.05, 0.1) is 0 Å². The van der Waals surface area contributed by atoms with Crippen molar-refractivity contribution in [2.24, 2.45) is 5.41 Å². The Bertz CT molecular complexity index is 828. The third-order valence-corrected chi connectivity index (χ3v) is 5.57. The highest BCUT2D eigenvalue weighted by molar-refractivity contribution is 7.27. The smallest absolute Gasteiger partial charge is 0.303 e. The molecule has 0 aliphatic heterocycles. The fourth-order valence-corrected chi connectivity index (χ4v) is 3.79. The zero-order valence-electron chi connectivity index (χ0n) is 16.8. The first-order chi connectivity index (χ1) is 12.6. The van der Waals surface area contributed by atoms with Crippen LogP contribution in [0.3, 0.4) is 0 Å². The predicted octanol–water partition coefficient (Wildman–Crippen LogP) is 4.48. The molecule has 1 aliphatic carbocycles. The van der Waals surface area contributed by atoms with Gasteiger partial charge >= 0.3 is 5.97 Å². The van der Waals surface area contributed by atoms with Gasteiger partial charge in [0.2, 0.25) is 0 Å². The molecule has 0 amide bonds. The molecule has 1 aliphatic rings. The normalized spacial score (nSPS) is 20.3. The Morgan fingerprint density at radius 1 is 1.30 bits per heavy atom. The zero-order valence-corrected chi connectivity index (χ0v) is 18.0. The molecule has 2 unspecified atom stereocenters. The zero-order chi connectivity index (χ0) is 20.2. The third-order valence-electron chi connectivity index (χ3n) is 5.01. The molecule has 0 spiro atoms. The predicted molar refractivity (Wildman–Crippen MR) is 114 cm³/mol. The minimum atomic E-state index is -0.676. The van der Waals surface area contributed by atoms with Crippen molar-refractivity contribution in [3.8, 4) is 0 Å². The minimum absolute atomic E-state index is 0.0947. The quantitative estimate of drug-likeness (QED) is 0.427. The van der Waals surface area contributed by atoms with E-state index in [1.807, 2.05) is 25.1 Å².